The van der Waals surface area contributed by atoms with Crippen LogP contribution in [0.15, 0.2) is 24.3 Å². The van der Waals surface area contributed by atoms with Gasteiger partial charge in [0.2, 0.25) is 5.91 Å². The molecule has 1 fully saturated rings. The first-order chi connectivity index (χ1) is 9.34. The van der Waals surface area contributed by atoms with Crippen molar-refractivity contribution in [2.24, 2.45) is 0 Å². The SMILES string of the molecule is O=C(NC1CCOc2ccccc21)C1CSCCN1. The molecule has 4 nitrogen and oxygen atoms in total. The van der Waals surface area contributed by atoms with Gasteiger partial charge in [-0.25, -0.2) is 0 Å². The number of para-hydroxylation sites is 1. The third-order valence-corrected chi connectivity index (χ3v) is 4.57. The molecule has 3 rings (SSSR count). The lowest BCUT2D eigenvalue weighted by atomic mass is 10.0. The van der Waals surface area contributed by atoms with Gasteiger partial charge in [-0.05, 0) is 6.07 Å². The van der Waals surface area contributed by atoms with E-state index in [4.69, 9.17) is 4.74 Å². The van der Waals surface area contributed by atoms with Gasteiger partial charge in [-0.15, -0.1) is 0 Å². The first-order valence-electron chi connectivity index (χ1n) is 6.68. The summed E-state index contributed by atoms with van der Waals surface area (Å²) in [7, 11) is 0. The summed E-state index contributed by atoms with van der Waals surface area (Å²) in [5.74, 6) is 2.94. The van der Waals surface area contributed by atoms with Crippen molar-refractivity contribution in [1.82, 2.24) is 10.6 Å². The molecule has 1 aromatic rings. The number of benzene rings is 1. The predicted octanol–water partition coefficient (Wildman–Crippen LogP) is 1.33. The van der Waals surface area contributed by atoms with Gasteiger partial charge in [-0.2, -0.15) is 11.8 Å². The van der Waals surface area contributed by atoms with Gasteiger partial charge in [0.25, 0.3) is 0 Å². The number of amides is 1. The molecule has 2 N–H and O–H groups in total. The molecule has 0 radical (unpaired) electrons. The Hall–Kier alpha value is -1.20. The Kier molecular flexibility index (Phi) is 3.94. The van der Waals surface area contributed by atoms with E-state index in [0.717, 1.165) is 35.8 Å². The van der Waals surface area contributed by atoms with Crippen LogP contribution in [0.2, 0.25) is 0 Å². The molecule has 0 aliphatic carbocycles. The molecule has 2 unspecified atom stereocenters. The van der Waals surface area contributed by atoms with Gasteiger partial charge in [0.15, 0.2) is 0 Å². The van der Waals surface area contributed by atoms with Crippen molar-refractivity contribution in [3.8, 4) is 5.75 Å². The van der Waals surface area contributed by atoms with Crippen LogP contribution in [0.1, 0.15) is 18.0 Å². The molecular weight excluding hydrogens is 260 g/mol. The fraction of sp³-hybridized carbons (Fsp3) is 0.500. The van der Waals surface area contributed by atoms with Gasteiger partial charge in [-0.3, -0.25) is 4.79 Å². The molecule has 0 spiro atoms. The van der Waals surface area contributed by atoms with Crippen LogP contribution in [0.3, 0.4) is 0 Å². The zero-order valence-electron chi connectivity index (χ0n) is 10.7. The topological polar surface area (TPSA) is 50.4 Å². The molecule has 0 saturated carbocycles. The number of carbonyl (C=O) groups is 1. The summed E-state index contributed by atoms with van der Waals surface area (Å²) in [6, 6.07) is 7.95. The van der Waals surface area contributed by atoms with Crippen molar-refractivity contribution in [3.63, 3.8) is 0 Å². The standard InChI is InChI=1S/C14H18N2O2S/c17-14(12-9-19-8-6-15-12)16-11-5-7-18-13-4-2-1-3-10(11)13/h1-4,11-12,15H,5-9H2,(H,16,17). The minimum atomic E-state index is -0.0613. The third kappa shape index (κ3) is 2.87. The molecular formula is C14H18N2O2S. The van der Waals surface area contributed by atoms with Crippen LogP contribution in [0.4, 0.5) is 0 Å². The van der Waals surface area contributed by atoms with Crippen molar-refractivity contribution < 1.29 is 9.53 Å². The van der Waals surface area contributed by atoms with Crippen molar-refractivity contribution in [3.05, 3.63) is 29.8 Å². The quantitative estimate of drug-likeness (QED) is 0.857. The van der Waals surface area contributed by atoms with Gasteiger partial charge in [0.05, 0.1) is 18.7 Å². The summed E-state index contributed by atoms with van der Waals surface area (Å²) < 4.78 is 5.61. The summed E-state index contributed by atoms with van der Waals surface area (Å²) in [4.78, 5) is 12.2. The monoisotopic (exact) mass is 278 g/mol. The Morgan fingerprint density at radius 2 is 2.32 bits per heavy atom. The van der Waals surface area contributed by atoms with Gasteiger partial charge < -0.3 is 15.4 Å². The maximum absolute atomic E-state index is 12.2. The minimum absolute atomic E-state index is 0.0613. The Morgan fingerprint density at radius 3 is 3.16 bits per heavy atom. The molecule has 5 heteroatoms. The van der Waals surface area contributed by atoms with Gasteiger partial charge >= 0.3 is 0 Å². The Morgan fingerprint density at radius 1 is 1.42 bits per heavy atom. The van der Waals surface area contributed by atoms with E-state index in [1.54, 1.807) is 0 Å². The van der Waals surface area contributed by atoms with E-state index in [-0.39, 0.29) is 18.0 Å². The van der Waals surface area contributed by atoms with Crippen molar-refractivity contribution in [1.29, 1.82) is 0 Å². The second-order valence-corrected chi connectivity index (χ2v) is 5.97. The zero-order valence-corrected chi connectivity index (χ0v) is 11.5. The summed E-state index contributed by atoms with van der Waals surface area (Å²) in [5.41, 5.74) is 1.09. The Balaban J connectivity index is 1.68. The highest BCUT2D eigenvalue weighted by atomic mass is 32.2. The average Bonchev–Trinajstić information content (AvgIpc) is 2.48. The van der Waals surface area contributed by atoms with E-state index < -0.39 is 0 Å². The van der Waals surface area contributed by atoms with E-state index in [1.165, 1.54) is 0 Å². The summed E-state index contributed by atoms with van der Waals surface area (Å²) in [6.45, 7) is 1.57. The molecule has 0 aromatic heterocycles. The molecule has 19 heavy (non-hydrogen) atoms. The fourth-order valence-corrected chi connectivity index (χ4v) is 3.43. The van der Waals surface area contributed by atoms with E-state index >= 15 is 0 Å². The van der Waals surface area contributed by atoms with Crippen molar-refractivity contribution >= 4 is 17.7 Å². The van der Waals surface area contributed by atoms with E-state index in [2.05, 4.69) is 10.6 Å². The molecule has 1 saturated heterocycles. The third-order valence-electron chi connectivity index (χ3n) is 3.51. The van der Waals surface area contributed by atoms with Crippen LogP contribution in [0.5, 0.6) is 5.75 Å². The van der Waals surface area contributed by atoms with Crippen LogP contribution in [-0.4, -0.2) is 36.6 Å². The number of fused-ring (bicyclic) bond motifs is 1. The highest BCUT2D eigenvalue weighted by Gasteiger charge is 2.27. The maximum Gasteiger partial charge on any atom is 0.238 e. The number of hydrogen-bond acceptors (Lipinski definition) is 4. The summed E-state index contributed by atoms with van der Waals surface area (Å²) in [5, 5.41) is 6.42. The zero-order chi connectivity index (χ0) is 13.1. The molecule has 102 valence electrons. The Labute approximate surface area is 117 Å². The first-order valence-corrected chi connectivity index (χ1v) is 7.83. The number of carbonyl (C=O) groups excluding carboxylic acids is 1. The molecule has 2 atom stereocenters. The van der Waals surface area contributed by atoms with Crippen LogP contribution in [-0.2, 0) is 4.79 Å². The second-order valence-electron chi connectivity index (χ2n) is 4.82. The largest absolute Gasteiger partial charge is 0.493 e. The van der Waals surface area contributed by atoms with Crippen molar-refractivity contribution in [2.75, 3.05) is 24.7 Å². The minimum Gasteiger partial charge on any atom is -0.493 e. The maximum atomic E-state index is 12.2. The summed E-state index contributed by atoms with van der Waals surface area (Å²) >= 11 is 1.83. The number of thioether (sulfide) groups is 1. The lowest BCUT2D eigenvalue weighted by molar-refractivity contribution is -0.123. The second kappa shape index (κ2) is 5.84. The highest BCUT2D eigenvalue weighted by molar-refractivity contribution is 7.99. The fourth-order valence-electron chi connectivity index (χ4n) is 2.50. The van der Waals surface area contributed by atoms with E-state index in [1.807, 2.05) is 36.0 Å². The summed E-state index contributed by atoms with van der Waals surface area (Å²) in [6.07, 6.45) is 0.836. The first kappa shape index (κ1) is 12.8. The van der Waals surface area contributed by atoms with Crippen molar-refractivity contribution in [2.45, 2.75) is 18.5 Å². The molecule has 1 amide bonds. The van der Waals surface area contributed by atoms with Gasteiger partial charge in [0.1, 0.15) is 5.75 Å². The smallest absolute Gasteiger partial charge is 0.238 e. The molecule has 2 heterocycles. The molecule has 0 bridgehead atoms. The molecule has 2 aliphatic heterocycles. The number of nitrogens with one attached hydrogen (secondary N) is 2. The Bertz CT molecular complexity index is 461. The lowest BCUT2D eigenvalue weighted by Crippen LogP contribution is -2.50. The predicted molar refractivity (Wildman–Crippen MR) is 76.6 cm³/mol. The van der Waals surface area contributed by atoms with Crippen LogP contribution < -0.4 is 15.4 Å². The normalized spacial score (nSPS) is 26.1. The van der Waals surface area contributed by atoms with Gasteiger partial charge in [-0.1, -0.05) is 18.2 Å². The van der Waals surface area contributed by atoms with E-state index in [9.17, 15) is 4.79 Å². The number of hydrogen-bond donors (Lipinski definition) is 2. The van der Waals surface area contributed by atoms with Crippen LogP contribution in [0, 0.1) is 0 Å². The average molecular weight is 278 g/mol. The number of ether oxygens (including phenoxy) is 1. The molecule has 2 aliphatic rings. The number of rotatable bonds is 2. The van der Waals surface area contributed by atoms with Gasteiger partial charge in [0, 0.05) is 30.0 Å². The lowest BCUT2D eigenvalue weighted by Gasteiger charge is -2.29. The highest BCUT2D eigenvalue weighted by Crippen LogP contribution is 2.31. The van der Waals surface area contributed by atoms with Crippen LogP contribution in [0.25, 0.3) is 0 Å². The van der Waals surface area contributed by atoms with Crippen LogP contribution >= 0.6 is 11.8 Å². The van der Waals surface area contributed by atoms with E-state index in [0.29, 0.717) is 6.61 Å². The molecule has 1 aromatic carbocycles.